The molecule has 2 heteroatoms. The summed E-state index contributed by atoms with van der Waals surface area (Å²) in [7, 11) is 0. The third-order valence-electron chi connectivity index (χ3n) is 14.0. The van der Waals surface area contributed by atoms with E-state index in [4.69, 9.17) is 9.47 Å². The zero-order valence-electron chi connectivity index (χ0n) is 37.8. The van der Waals surface area contributed by atoms with E-state index in [0.717, 1.165) is 52.1 Å². The standard InChI is InChI=1S/C58H74O2/c1-5-9-11-13-15-21-39-57(40-22-16-14-12-10-6-2)53-29-19-17-27-49(53)51-44-56-52(43-55(51)57)50-28-18-20-30-54(50)58(56,47-35-31-45(32-36-47)25-23-41-59-7-3)48-37-33-46(34-38-48)26-24-42-60-8-4/h17-20,27-38,43-44H,5-16,21-26,39-42H2,1-4H3. The lowest BCUT2D eigenvalue weighted by atomic mass is 9.66. The maximum absolute atomic E-state index is 5.71. The van der Waals surface area contributed by atoms with Gasteiger partial charge in [-0.3, -0.25) is 0 Å². The minimum absolute atomic E-state index is 0.0446. The SMILES string of the molecule is CCCCCCCCC1(CCCCCCCC)c2ccccc2-c2cc3c(cc21)-c1ccccc1C3(c1ccc(CCCOCC)cc1)c1ccc(CCCOCC)cc1. The lowest BCUT2D eigenvalue weighted by Gasteiger charge is -2.35. The van der Waals surface area contributed by atoms with Crippen LogP contribution in [0.3, 0.4) is 0 Å². The molecule has 0 N–H and O–H groups in total. The van der Waals surface area contributed by atoms with Crippen molar-refractivity contribution in [2.75, 3.05) is 26.4 Å². The minimum atomic E-state index is -0.437. The fourth-order valence-electron chi connectivity index (χ4n) is 11.0. The maximum atomic E-state index is 5.71. The molecule has 0 bridgehead atoms. The van der Waals surface area contributed by atoms with Crippen LogP contribution in [0.4, 0.5) is 0 Å². The van der Waals surface area contributed by atoms with E-state index in [1.165, 1.54) is 146 Å². The van der Waals surface area contributed by atoms with E-state index in [1.807, 2.05) is 0 Å². The summed E-state index contributed by atoms with van der Waals surface area (Å²) in [5.41, 5.74) is 16.8. The largest absolute Gasteiger partial charge is 0.382 e. The van der Waals surface area contributed by atoms with E-state index in [1.54, 1.807) is 11.1 Å². The fraction of sp³-hybridized carbons (Fsp3) is 0.483. The molecule has 0 fully saturated rings. The highest BCUT2D eigenvalue weighted by Crippen LogP contribution is 2.61. The Labute approximate surface area is 364 Å². The van der Waals surface area contributed by atoms with E-state index >= 15 is 0 Å². The molecule has 2 aliphatic carbocycles. The van der Waals surface area contributed by atoms with Gasteiger partial charge in [0.25, 0.3) is 0 Å². The predicted molar refractivity (Wildman–Crippen MR) is 256 cm³/mol. The van der Waals surface area contributed by atoms with Crippen LogP contribution >= 0.6 is 0 Å². The van der Waals surface area contributed by atoms with Crippen molar-refractivity contribution >= 4 is 0 Å². The van der Waals surface area contributed by atoms with Gasteiger partial charge < -0.3 is 9.47 Å². The van der Waals surface area contributed by atoms with Crippen molar-refractivity contribution in [1.29, 1.82) is 0 Å². The van der Waals surface area contributed by atoms with E-state index in [-0.39, 0.29) is 5.41 Å². The summed E-state index contributed by atoms with van der Waals surface area (Å²) in [4.78, 5) is 0. The van der Waals surface area contributed by atoms with Gasteiger partial charge in [-0.25, -0.2) is 0 Å². The topological polar surface area (TPSA) is 18.5 Å². The molecule has 0 aliphatic heterocycles. The van der Waals surface area contributed by atoms with Crippen LogP contribution in [-0.2, 0) is 33.1 Å². The van der Waals surface area contributed by atoms with Crippen molar-refractivity contribution < 1.29 is 9.47 Å². The van der Waals surface area contributed by atoms with Crippen LogP contribution in [0.15, 0.2) is 109 Å². The number of fused-ring (bicyclic) bond motifs is 6. The van der Waals surface area contributed by atoms with Gasteiger partial charge in [-0.1, -0.05) is 188 Å². The molecule has 0 saturated heterocycles. The molecular weight excluding hydrogens is 729 g/mol. The van der Waals surface area contributed by atoms with Crippen LogP contribution in [-0.4, -0.2) is 26.4 Å². The first-order valence-corrected chi connectivity index (χ1v) is 24.3. The molecule has 0 heterocycles. The third-order valence-corrected chi connectivity index (χ3v) is 14.0. The zero-order valence-corrected chi connectivity index (χ0v) is 37.8. The second-order valence-electron chi connectivity index (χ2n) is 17.9. The molecule has 0 aromatic heterocycles. The van der Waals surface area contributed by atoms with Gasteiger partial charge in [-0.05, 0) is 131 Å². The van der Waals surface area contributed by atoms with E-state index in [9.17, 15) is 0 Å². The second kappa shape index (κ2) is 21.7. The van der Waals surface area contributed by atoms with Crippen molar-refractivity contribution in [2.45, 2.75) is 154 Å². The predicted octanol–water partition coefficient (Wildman–Crippen LogP) is 15.8. The van der Waals surface area contributed by atoms with Gasteiger partial charge in [0.05, 0.1) is 5.41 Å². The average molecular weight is 803 g/mol. The number of hydrogen-bond donors (Lipinski definition) is 0. The van der Waals surface area contributed by atoms with Gasteiger partial charge in [-0.15, -0.1) is 0 Å². The van der Waals surface area contributed by atoms with Crippen molar-refractivity contribution in [3.05, 3.63) is 154 Å². The molecular formula is C58H74O2. The summed E-state index contributed by atoms with van der Waals surface area (Å²) in [5.74, 6) is 0. The Morgan fingerprint density at radius 1 is 0.383 bits per heavy atom. The van der Waals surface area contributed by atoms with Crippen LogP contribution < -0.4 is 0 Å². The first-order valence-electron chi connectivity index (χ1n) is 24.3. The quantitative estimate of drug-likeness (QED) is 0.0509. The molecule has 0 radical (unpaired) electrons. The van der Waals surface area contributed by atoms with Gasteiger partial charge in [0.1, 0.15) is 0 Å². The van der Waals surface area contributed by atoms with Crippen molar-refractivity contribution in [2.24, 2.45) is 0 Å². The summed E-state index contributed by atoms with van der Waals surface area (Å²) in [6.07, 6.45) is 22.6. The Bertz CT molecular complexity index is 2000. The van der Waals surface area contributed by atoms with Crippen molar-refractivity contribution in [1.82, 2.24) is 0 Å². The fourth-order valence-corrected chi connectivity index (χ4v) is 11.0. The Kier molecular flexibility index (Phi) is 15.9. The number of unbranched alkanes of at least 4 members (excludes halogenated alkanes) is 10. The van der Waals surface area contributed by atoms with Gasteiger partial charge in [0, 0.05) is 31.8 Å². The molecule has 0 saturated carbocycles. The summed E-state index contributed by atoms with van der Waals surface area (Å²) >= 11 is 0. The Morgan fingerprint density at radius 3 is 1.33 bits per heavy atom. The molecule has 5 aromatic rings. The molecule has 0 atom stereocenters. The summed E-state index contributed by atoms with van der Waals surface area (Å²) in [5, 5.41) is 0. The molecule has 0 spiro atoms. The highest BCUT2D eigenvalue weighted by Gasteiger charge is 2.49. The van der Waals surface area contributed by atoms with E-state index < -0.39 is 5.41 Å². The lowest BCUT2D eigenvalue weighted by Crippen LogP contribution is -2.29. The molecule has 2 aliphatic rings. The van der Waals surface area contributed by atoms with Crippen LogP contribution in [0, 0.1) is 0 Å². The Hall–Kier alpha value is -3.98. The molecule has 5 aromatic carbocycles. The number of rotatable bonds is 26. The second-order valence-corrected chi connectivity index (χ2v) is 17.9. The van der Waals surface area contributed by atoms with Gasteiger partial charge >= 0.3 is 0 Å². The molecule has 0 amide bonds. The lowest BCUT2D eigenvalue weighted by molar-refractivity contribution is 0.145. The molecule has 318 valence electrons. The number of hydrogen-bond acceptors (Lipinski definition) is 2. The number of aryl methyl sites for hydroxylation is 2. The van der Waals surface area contributed by atoms with E-state index in [0.29, 0.717) is 0 Å². The third kappa shape index (κ3) is 9.27. The Morgan fingerprint density at radius 2 is 0.817 bits per heavy atom. The van der Waals surface area contributed by atoms with Crippen LogP contribution in [0.5, 0.6) is 0 Å². The van der Waals surface area contributed by atoms with Crippen molar-refractivity contribution in [3.63, 3.8) is 0 Å². The maximum Gasteiger partial charge on any atom is 0.0713 e. The normalized spacial score (nSPS) is 14.2. The highest BCUT2D eigenvalue weighted by atomic mass is 16.5. The molecule has 60 heavy (non-hydrogen) atoms. The van der Waals surface area contributed by atoms with Gasteiger partial charge in [-0.2, -0.15) is 0 Å². The smallest absolute Gasteiger partial charge is 0.0713 e. The van der Waals surface area contributed by atoms with Crippen molar-refractivity contribution in [3.8, 4) is 22.3 Å². The van der Waals surface area contributed by atoms with Gasteiger partial charge in [0.2, 0.25) is 0 Å². The zero-order chi connectivity index (χ0) is 41.6. The molecule has 2 nitrogen and oxygen atoms in total. The summed E-state index contributed by atoms with van der Waals surface area (Å²) < 4.78 is 11.4. The average Bonchev–Trinajstić information content (AvgIpc) is 3.73. The number of benzene rings is 5. The minimum Gasteiger partial charge on any atom is -0.382 e. The van der Waals surface area contributed by atoms with E-state index in [2.05, 4.69) is 137 Å². The van der Waals surface area contributed by atoms with Crippen LogP contribution in [0.1, 0.15) is 175 Å². The summed E-state index contributed by atoms with van der Waals surface area (Å²) in [6.45, 7) is 12.0. The number of ether oxygens (including phenoxy) is 2. The first kappa shape index (κ1) is 44.1. The molecule has 0 unspecified atom stereocenters. The summed E-state index contributed by atoms with van der Waals surface area (Å²) in [6, 6.07) is 43.7. The monoisotopic (exact) mass is 803 g/mol. The molecule has 7 rings (SSSR count). The van der Waals surface area contributed by atoms with Gasteiger partial charge in [0.15, 0.2) is 0 Å². The highest BCUT2D eigenvalue weighted by molar-refractivity contribution is 5.92. The van der Waals surface area contributed by atoms with Crippen LogP contribution in [0.2, 0.25) is 0 Å². The first-order chi connectivity index (χ1) is 29.6. The Balaban J connectivity index is 1.37. The van der Waals surface area contributed by atoms with Crippen LogP contribution in [0.25, 0.3) is 22.3 Å².